The average molecular weight is 1030 g/mol. The number of ketones is 3. The molecule has 0 aromatic heterocycles. The second kappa shape index (κ2) is 29.2. The Kier molecular flexibility index (Phi) is 24.1. The standard InChI is InChI=1S/C57H89NO15/c1-35-15-11-10-12-16-36(2)48(71-28-27-70-43-22-25-69-26-23-43)33-44-20-18-41(7)57(66,73-44)54(63)55(64)58-24-14-13-17-45(58)56(65)72-49(38(4)31-42-19-21-46(59)50(32-42)67-8)34-47(60)37(3)30-40(6)52(62)53(68-9)51(61)39(5)29-35/h10-12,15-16,30,35,37-39,41-46,48-50,52-53,59,62,66H,13-14,17-29,31-34H2,1-9H3/b12-10+,15-11+,36-16+,40-30+/t35-,37-,38-,39-,41-,42+,44+,45+,46-,48?,49+,50-,52-,53+,57-/m1/s1. The molecule has 1 amide bonds. The third kappa shape index (κ3) is 17.0. The van der Waals surface area contributed by atoms with Crippen molar-refractivity contribution in [2.24, 2.45) is 35.5 Å². The van der Waals surface area contributed by atoms with Gasteiger partial charge < -0.3 is 53.4 Å². The van der Waals surface area contributed by atoms with Gasteiger partial charge in [0, 0.05) is 64.6 Å². The molecule has 1 saturated carbocycles. The largest absolute Gasteiger partial charge is 0.460 e. The number of carbonyl (C=O) groups excluding carboxylic acids is 5. The van der Waals surface area contributed by atoms with E-state index in [0.29, 0.717) is 83.2 Å². The third-order valence-electron chi connectivity index (χ3n) is 16.1. The van der Waals surface area contributed by atoms with E-state index in [4.69, 9.17) is 33.2 Å². The molecule has 5 aliphatic rings. The van der Waals surface area contributed by atoms with Crippen molar-refractivity contribution in [3.63, 3.8) is 0 Å². The lowest BCUT2D eigenvalue weighted by Crippen LogP contribution is -2.61. The normalized spacial score (nSPS) is 38.8. The van der Waals surface area contributed by atoms with Gasteiger partial charge in [-0.15, -0.1) is 0 Å². The summed E-state index contributed by atoms with van der Waals surface area (Å²) >= 11 is 0. The molecule has 16 heteroatoms. The summed E-state index contributed by atoms with van der Waals surface area (Å²) in [5.41, 5.74) is 1.25. The first-order chi connectivity index (χ1) is 34.8. The van der Waals surface area contributed by atoms with Crippen molar-refractivity contribution in [2.75, 3.05) is 47.2 Å². The van der Waals surface area contributed by atoms with E-state index in [-0.39, 0.29) is 73.9 Å². The van der Waals surface area contributed by atoms with Crippen LogP contribution in [0.1, 0.15) is 138 Å². The molecule has 3 saturated heterocycles. The van der Waals surface area contributed by atoms with Gasteiger partial charge in [0.05, 0.1) is 43.7 Å². The van der Waals surface area contributed by atoms with Crippen molar-refractivity contribution in [2.45, 2.75) is 199 Å². The molecule has 4 heterocycles. The summed E-state index contributed by atoms with van der Waals surface area (Å²) in [6.07, 6.45) is 12.6. The quantitative estimate of drug-likeness (QED) is 0.0894. The zero-order valence-corrected chi connectivity index (χ0v) is 45.2. The van der Waals surface area contributed by atoms with Crippen LogP contribution in [-0.2, 0) is 57.1 Å². The fraction of sp³-hybridized carbons (Fsp3) is 0.772. The smallest absolute Gasteiger partial charge is 0.329 e. The second-order valence-corrected chi connectivity index (χ2v) is 21.9. The number of piperidine rings is 1. The highest BCUT2D eigenvalue weighted by atomic mass is 16.6. The van der Waals surface area contributed by atoms with E-state index < -0.39 is 83.9 Å². The molecular formula is C57H89NO15. The Morgan fingerprint density at radius 2 is 1.55 bits per heavy atom. The van der Waals surface area contributed by atoms with Gasteiger partial charge in [0.25, 0.3) is 11.7 Å². The van der Waals surface area contributed by atoms with Gasteiger partial charge in [-0.05, 0) is 120 Å². The number of aliphatic hydroxyl groups is 3. The predicted octanol–water partition coefficient (Wildman–Crippen LogP) is 6.75. The number of ether oxygens (including phenoxy) is 7. The van der Waals surface area contributed by atoms with Crippen molar-refractivity contribution in [1.29, 1.82) is 0 Å². The van der Waals surface area contributed by atoms with Crippen LogP contribution in [-0.4, -0.2) is 157 Å². The molecule has 4 aliphatic heterocycles. The summed E-state index contributed by atoms with van der Waals surface area (Å²) in [5.74, 6) is -8.15. The van der Waals surface area contributed by atoms with E-state index >= 15 is 0 Å². The Morgan fingerprint density at radius 1 is 0.822 bits per heavy atom. The second-order valence-electron chi connectivity index (χ2n) is 21.9. The predicted molar refractivity (Wildman–Crippen MR) is 274 cm³/mol. The summed E-state index contributed by atoms with van der Waals surface area (Å²) in [4.78, 5) is 72.7. The zero-order valence-electron chi connectivity index (χ0n) is 45.2. The van der Waals surface area contributed by atoms with E-state index in [9.17, 15) is 39.3 Å². The minimum Gasteiger partial charge on any atom is -0.460 e. The van der Waals surface area contributed by atoms with Crippen LogP contribution in [0.25, 0.3) is 0 Å². The third-order valence-corrected chi connectivity index (χ3v) is 16.1. The number of rotatable bonds is 10. The molecule has 412 valence electrons. The lowest BCUT2D eigenvalue weighted by Gasteiger charge is -2.43. The van der Waals surface area contributed by atoms with E-state index in [1.54, 1.807) is 34.0 Å². The van der Waals surface area contributed by atoms with Crippen molar-refractivity contribution < 1.29 is 72.5 Å². The van der Waals surface area contributed by atoms with Crippen LogP contribution >= 0.6 is 0 Å². The molecular weight excluding hydrogens is 939 g/mol. The number of allylic oxidation sites excluding steroid dienone is 6. The number of Topliss-reactive ketones (excluding diaryl/α,β-unsaturated/α-hetero) is 3. The first-order valence-corrected chi connectivity index (χ1v) is 27.2. The van der Waals surface area contributed by atoms with Crippen molar-refractivity contribution in [1.82, 2.24) is 4.90 Å². The van der Waals surface area contributed by atoms with Crippen molar-refractivity contribution >= 4 is 29.2 Å². The number of aliphatic hydroxyl groups excluding tert-OH is 2. The molecule has 4 fully saturated rings. The highest BCUT2D eigenvalue weighted by Gasteiger charge is 2.53. The Labute approximate surface area is 434 Å². The van der Waals surface area contributed by atoms with Crippen LogP contribution in [0.2, 0.25) is 0 Å². The number of hydrogen-bond donors (Lipinski definition) is 3. The molecule has 2 bridgehead atoms. The van der Waals surface area contributed by atoms with Crippen molar-refractivity contribution in [3.8, 4) is 0 Å². The number of methoxy groups -OCH3 is 2. The number of nitrogens with zero attached hydrogens (tertiary/aromatic N) is 1. The van der Waals surface area contributed by atoms with Gasteiger partial charge >= 0.3 is 5.97 Å². The Bertz CT molecular complexity index is 1940. The number of hydrogen-bond acceptors (Lipinski definition) is 15. The average Bonchev–Trinajstić information content (AvgIpc) is 3.37. The van der Waals surface area contributed by atoms with Crippen LogP contribution in [0.15, 0.2) is 47.6 Å². The molecule has 73 heavy (non-hydrogen) atoms. The molecule has 15 atom stereocenters. The summed E-state index contributed by atoms with van der Waals surface area (Å²) in [7, 11) is 2.95. The molecule has 1 unspecified atom stereocenters. The number of fused-ring (bicyclic) bond motifs is 3. The fourth-order valence-corrected chi connectivity index (χ4v) is 11.3. The fourth-order valence-electron chi connectivity index (χ4n) is 11.3. The van der Waals surface area contributed by atoms with Crippen LogP contribution in [0.5, 0.6) is 0 Å². The monoisotopic (exact) mass is 1030 g/mol. The molecule has 3 N–H and O–H groups in total. The topological polar surface area (TPSA) is 214 Å². The van der Waals surface area contributed by atoms with Crippen LogP contribution in [0, 0.1) is 35.5 Å². The lowest BCUT2D eigenvalue weighted by molar-refractivity contribution is -0.266. The maximum Gasteiger partial charge on any atom is 0.329 e. The maximum atomic E-state index is 14.5. The summed E-state index contributed by atoms with van der Waals surface area (Å²) in [5, 5.41) is 34.2. The van der Waals surface area contributed by atoms with Crippen LogP contribution < -0.4 is 0 Å². The summed E-state index contributed by atoms with van der Waals surface area (Å²) < 4.78 is 41.8. The van der Waals surface area contributed by atoms with Gasteiger partial charge in [-0.2, -0.15) is 0 Å². The van der Waals surface area contributed by atoms with Crippen LogP contribution in [0.3, 0.4) is 0 Å². The molecule has 0 radical (unpaired) electrons. The number of carbonyl (C=O) groups is 5. The van der Waals surface area contributed by atoms with E-state index in [1.165, 1.54) is 12.0 Å². The molecule has 1 aliphatic carbocycles. The van der Waals surface area contributed by atoms with Gasteiger partial charge in [-0.3, -0.25) is 19.2 Å². The minimum absolute atomic E-state index is 0.00376. The lowest BCUT2D eigenvalue weighted by atomic mass is 9.78. The van der Waals surface area contributed by atoms with Gasteiger partial charge in [0.2, 0.25) is 5.79 Å². The van der Waals surface area contributed by atoms with E-state index in [2.05, 4.69) is 0 Å². The Balaban J connectivity index is 1.46. The highest BCUT2D eigenvalue weighted by molar-refractivity contribution is 6.39. The number of esters is 1. The molecule has 16 nitrogen and oxygen atoms in total. The zero-order chi connectivity index (χ0) is 53.4. The van der Waals surface area contributed by atoms with E-state index in [0.717, 1.165) is 18.4 Å². The first kappa shape index (κ1) is 60.4. The summed E-state index contributed by atoms with van der Waals surface area (Å²) in [6.45, 7) is 14.7. The van der Waals surface area contributed by atoms with Crippen LogP contribution in [0.4, 0.5) is 0 Å². The SMILES string of the molecule is CO[C@@H]1C[C@H](C[C@@H](C)[C@@H]2CC(=O)[C@H](C)/C=C(\C)[C@@H](O)[C@@H](OC)C(=O)[C@H](C)C[C@H](C)/C=C/C=C/C=C(\C)C(OCCOC3CCOCC3)C[C@@H]3CC[C@@H](C)[C@@](O)(O3)C(=O)C(=O)N3CCCC[C@H]3C(=O)O2)CC[C@H]1O. The van der Waals surface area contributed by atoms with Gasteiger partial charge in [0.1, 0.15) is 30.1 Å². The first-order valence-electron chi connectivity index (χ1n) is 27.2. The molecule has 0 aromatic rings. The minimum atomic E-state index is -2.47. The highest BCUT2D eigenvalue weighted by Crippen LogP contribution is 2.38. The Morgan fingerprint density at radius 3 is 2.26 bits per heavy atom. The number of cyclic esters (lactones) is 1. The van der Waals surface area contributed by atoms with E-state index in [1.807, 2.05) is 58.1 Å². The molecule has 0 spiro atoms. The van der Waals surface area contributed by atoms with Gasteiger partial charge in [-0.25, -0.2) is 4.79 Å². The summed E-state index contributed by atoms with van der Waals surface area (Å²) in [6, 6.07) is -1.16. The molecule has 5 rings (SSSR count). The number of amides is 1. The maximum absolute atomic E-state index is 14.5. The van der Waals surface area contributed by atoms with Gasteiger partial charge in [0.15, 0.2) is 5.78 Å². The van der Waals surface area contributed by atoms with Crippen molar-refractivity contribution in [3.05, 3.63) is 47.6 Å². The van der Waals surface area contributed by atoms with Gasteiger partial charge in [-0.1, -0.05) is 71.1 Å². The Hall–Kier alpha value is -3.45. The molecule has 0 aromatic carbocycles.